The standard InChI is InChI=1S/C18H20N2O/c21-18(12-14-4-2-1-3-5-14)20-17-8-6-15(7-9-17)13-19-16-10-11-16/h1-9,16,19H,10-13H2,(H,20,21). The van der Waals surface area contributed by atoms with Gasteiger partial charge in [-0.1, -0.05) is 42.5 Å². The van der Waals surface area contributed by atoms with Crippen LogP contribution in [0.4, 0.5) is 5.69 Å². The van der Waals surface area contributed by atoms with Gasteiger partial charge in [0.25, 0.3) is 0 Å². The molecular weight excluding hydrogens is 260 g/mol. The van der Waals surface area contributed by atoms with Crippen molar-refractivity contribution >= 4 is 11.6 Å². The quantitative estimate of drug-likeness (QED) is 0.853. The van der Waals surface area contributed by atoms with Crippen LogP contribution >= 0.6 is 0 Å². The van der Waals surface area contributed by atoms with Gasteiger partial charge >= 0.3 is 0 Å². The van der Waals surface area contributed by atoms with E-state index < -0.39 is 0 Å². The lowest BCUT2D eigenvalue weighted by molar-refractivity contribution is -0.115. The molecule has 1 saturated carbocycles. The molecular formula is C18H20N2O. The third kappa shape index (κ3) is 4.43. The maximum absolute atomic E-state index is 12.0. The zero-order valence-electron chi connectivity index (χ0n) is 12.0. The summed E-state index contributed by atoms with van der Waals surface area (Å²) in [4.78, 5) is 12.0. The van der Waals surface area contributed by atoms with Gasteiger partial charge in [0.1, 0.15) is 0 Å². The van der Waals surface area contributed by atoms with Gasteiger partial charge in [0.15, 0.2) is 0 Å². The van der Waals surface area contributed by atoms with E-state index in [4.69, 9.17) is 0 Å². The van der Waals surface area contributed by atoms with Crippen molar-refractivity contribution in [1.82, 2.24) is 5.32 Å². The molecule has 0 saturated heterocycles. The zero-order chi connectivity index (χ0) is 14.5. The summed E-state index contributed by atoms with van der Waals surface area (Å²) in [5.41, 5.74) is 3.13. The second-order valence-electron chi connectivity index (χ2n) is 5.56. The summed E-state index contributed by atoms with van der Waals surface area (Å²) in [6.07, 6.45) is 3.01. The minimum absolute atomic E-state index is 0.0186. The fourth-order valence-electron chi connectivity index (χ4n) is 2.24. The Hall–Kier alpha value is -2.13. The van der Waals surface area contributed by atoms with Crippen molar-refractivity contribution in [2.24, 2.45) is 0 Å². The maximum atomic E-state index is 12.0. The van der Waals surface area contributed by atoms with Crippen molar-refractivity contribution in [1.29, 1.82) is 0 Å². The highest BCUT2D eigenvalue weighted by Gasteiger charge is 2.19. The topological polar surface area (TPSA) is 41.1 Å². The molecule has 3 heteroatoms. The molecule has 0 spiro atoms. The summed E-state index contributed by atoms with van der Waals surface area (Å²) in [6.45, 7) is 0.906. The number of carbonyl (C=O) groups excluding carboxylic acids is 1. The van der Waals surface area contributed by atoms with E-state index in [0.717, 1.165) is 23.8 Å². The first-order valence-corrected chi connectivity index (χ1v) is 7.46. The van der Waals surface area contributed by atoms with Crippen molar-refractivity contribution in [2.45, 2.75) is 31.8 Å². The van der Waals surface area contributed by atoms with Crippen molar-refractivity contribution < 1.29 is 4.79 Å². The highest BCUT2D eigenvalue weighted by Crippen LogP contribution is 2.19. The summed E-state index contributed by atoms with van der Waals surface area (Å²) in [6, 6.07) is 18.6. The van der Waals surface area contributed by atoms with Crippen molar-refractivity contribution in [3.63, 3.8) is 0 Å². The molecule has 1 amide bonds. The average molecular weight is 280 g/mol. The predicted octanol–water partition coefficient (Wildman–Crippen LogP) is 3.12. The third-order valence-electron chi connectivity index (χ3n) is 3.62. The molecule has 3 nitrogen and oxygen atoms in total. The summed E-state index contributed by atoms with van der Waals surface area (Å²) in [5, 5.41) is 6.41. The summed E-state index contributed by atoms with van der Waals surface area (Å²) in [7, 11) is 0. The van der Waals surface area contributed by atoms with E-state index in [1.807, 2.05) is 42.5 Å². The van der Waals surface area contributed by atoms with Crippen LogP contribution in [0.3, 0.4) is 0 Å². The second kappa shape index (κ2) is 6.55. The van der Waals surface area contributed by atoms with Gasteiger partial charge in [0.2, 0.25) is 5.91 Å². The predicted molar refractivity (Wildman–Crippen MR) is 85.1 cm³/mol. The Morgan fingerprint density at radius 1 is 0.952 bits per heavy atom. The molecule has 2 aromatic rings. The number of amides is 1. The van der Waals surface area contributed by atoms with Crippen molar-refractivity contribution in [3.8, 4) is 0 Å². The molecule has 0 atom stereocenters. The van der Waals surface area contributed by atoms with Crippen LogP contribution < -0.4 is 10.6 Å². The monoisotopic (exact) mass is 280 g/mol. The highest BCUT2D eigenvalue weighted by atomic mass is 16.1. The van der Waals surface area contributed by atoms with Crippen LogP contribution in [0.1, 0.15) is 24.0 Å². The molecule has 108 valence electrons. The van der Waals surface area contributed by atoms with E-state index in [1.54, 1.807) is 0 Å². The fraction of sp³-hybridized carbons (Fsp3) is 0.278. The van der Waals surface area contributed by atoms with Crippen LogP contribution in [-0.4, -0.2) is 11.9 Å². The van der Waals surface area contributed by atoms with Gasteiger partial charge < -0.3 is 10.6 Å². The van der Waals surface area contributed by atoms with Crippen LogP contribution in [0, 0.1) is 0 Å². The lowest BCUT2D eigenvalue weighted by atomic mass is 10.1. The molecule has 0 heterocycles. The SMILES string of the molecule is O=C(Cc1ccccc1)Nc1ccc(CNC2CC2)cc1. The van der Waals surface area contributed by atoms with Gasteiger partial charge in [-0.25, -0.2) is 0 Å². The second-order valence-corrected chi connectivity index (χ2v) is 5.56. The Labute approximate surface area is 125 Å². The molecule has 0 aromatic heterocycles. The first kappa shape index (κ1) is 13.8. The van der Waals surface area contributed by atoms with Crippen LogP contribution in [0.2, 0.25) is 0 Å². The summed E-state index contributed by atoms with van der Waals surface area (Å²) in [5.74, 6) is 0.0186. The molecule has 2 N–H and O–H groups in total. The molecule has 0 aliphatic heterocycles. The van der Waals surface area contributed by atoms with E-state index >= 15 is 0 Å². The van der Waals surface area contributed by atoms with Gasteiger partial charge in [-0.3, -0.25) is 4.79 Å². The molecule has 0 unspecified atom stereocenters. The van der Waals surface area contributed by atoms with Crippen molar-refractivity contribution in [3.05, 3.63) is 65.7 Å². The van der Waals surface area contributed by atoms with E-state index in [2.05, 4.69) is 22.8 Å². The molecule has 2 aromatic carbocycles. The molecule has 1 aliphatic carbocycles. The molecule has 3 rings (SSSR count). The van der Waals surface area contributed by atoms with Gasteiger partial charge in [0, 0.05) is 18.3 Å². The number of carbonyl (C=O) groups is 1. The fourth-order valence-corrected chi connectivity index (χ4v) is 2.24. The number of hydrogen-bond donors (Lipinski definition) is 2. The Morgan fingerprint density at radius 2 is 1.67 bits per heavy atom. The van der Waals surface area contributed by atoms with E-state index in [0.29, 0.717) is 6.42 Å². The Bertz CT molecular complexity index is 588. The largest absolute Gasteiger partial charge is 0.326 e. The van der Waals surface area contributed by atoms with E-state index in [9.17, 15) is 4.79 Å². The van der Waals surface area contributed by atoms with Gasteiger partial charge in [0.05, 0.1) is 6.42 Å². The van der Waals surface area contributed by atoms with Gasteiger partial charge in [-0.15, -0.1) is 0 Å². The summed E-state index contributed by atoms with van der Waals surface area (Å²) >= 11 is 0. The minimum atomic E-state index is 0.0186. The lowest BCUT2D eigenvalue weighted by Gasteiger charge is -2.07. The number of rotatable bonds is 6. The Morgan fingerprint density at radius 3 is 2.33 bits per heavy atom. The molecule has 0 bridgehead atoms. The Balaban J connectivity index is 1.50. The molecule has 21 heavy (non-hydrogen) atoms. The normalized spacial score (nSPS) is 13.9. The lowest BCUT2D eigenvalue weighted by Crippen LogP contribution is -2.16. The van der Waals surface area contributed by atoms with Crippen molar-refractivity contribution in [2.75, 3.05) is 5.32 Å². The first-order valence-electron chi connectivity index (χ1n) is 7.46. The molecule has 1 aliphatic rings. The number of hydrogen-bond acceptors (Lipinski definition) is 2. The van der Waals surface area contributed by atoms with Gasteiger partial charge in [-0.2, -0.15) is 0 Å². The molecule has 0 radical (unpaired) electrons. The van der Waals surface area contributed by atoms with Crippen LogP contribution in [0.25, 0.3) is 0 Å². The minimum Gasteiger partial charge on any atom is -0.326 e. The van der Waals surface area contributed by atoms with Gasteiger partial charge in [-0.05, 0) is 36.1 Å². The Kier molecular flexibility index (Phi) is 4.31. The molecule has 1 fully saturated rings. The van der Waals surface area contributed by atoms with E-state index in [-0.39, 0.29) is 5.91 Å². The highest BCUT2D eigenvalue weighted by molar-refractivity contribution is 5.92. The van der Waals surface area contributed by atoms with E-state index in [1.165, 1.54) is 18.4 Å². The average Bonchev–Trinajstić information content (AvgIpc) is 3.32. The maximum Gasteiger partial charge on any atom is 0.228 e. The third-order valence-corrected chi connectivity index (χ3v) is 3.62. The van der Waals surface area contributed by atoms with Crippen LogP contribution in [-0.2, 0) is 17.8 Å². The summed E-state index contributed by atoms with van der Waals surface area (Å²) < 4.78 is 0. The number of anilines is 1. The van der Waals surface area contributed by atoms with Crippen LogP contribution in [0.5, 0.6) is 0 Å². The van der Waals surface area contributed by atoms with Crippen LogP contribution in [0.15, 0.2) is 54.6 Å². The first-order chi connectivity index (χ1) is 10.3. The number of nitrogens with one attached hydrogen (secondary N) is 2. The smallest absolute Gasteiger partial charge is 0.228 e. The number of benzene rings is 2. The zero-order valence-corrected chi connectivity index (χ0v) is 12.0.